The average Bonchev–Trinajstić information content (AvgIpc) is 2.91. The SMILES string of the molecule is CCCCCN(C(=O)C(CCSC)NC(=O)OC(C)(C)C)C(C(=O)Nc1c(C)cccc1C)c1ccc(CC)cc1. The first kappa shape index (κ1) is 34.2. The lowest BCUT2D eigenvalue weighted by Crippen LogP contribution is -2.52. The van der Waals surface area contributed by atoms with Crippen LogP contribution in [-0.2, 0) is 20.7 Å². The summed E-state index contributed by atoms with van der Waals surface area (Å²) in [6.45, 7) is 13.9. The van der Waals surface area contributed by atoms with Crippen LogP contribution in [0.5, 0.6) is 0 Å². The van der Waals surface area contributed by atoms with Gasteiger partial charge in [-0.05, 0) is 88.1 Å². The highest BCUT2D eigenvalue weighted by atomic mass is 32.2. The molecule has 2 aromatic rings. The quantitative estimate of drug-likeness (QED) is 0.230. The molecule has 0 saturated carbocycles. The van der Waals surface area contributed by atoms with Crippen LogP contribution in [0.3, 0.4) is 0 Å². The molecular formula is C33H49N3O4S. The van der Waals surface area contributed by atoms with E-state index in [2.05, 4.69) is 24.5 Å². The fourth-order valence-electron chi connectivity index (χ4n) is 4.65. The van der Waals surface area contributed by atoms with E-state index in [9.17, 15) is 14.4 Å². The number of unbranched alkanes of at least 4 members (excludes halogenated alkanes) is 2. The fraction of sp³-hybridized carbons (Fsp3) is 0.545. The summed E-state index contributed by atoms with van der Waals surface area (Å²) >= 11 is 1.60. The highest BCUT2D eigenvalue weighted by Gasteiger charge is 2.36. The summed E-state index contributed by atoms with van der Waals surface area (Å²) in [7, 11) is 0. The summed E-state index contributed by atoms with van der Waals surface area (Å²) in [5.41, 5.74) is 3.83. The van der Waals surface area contributed by atoms with Gasteiger partial charge in [0.2, 0.25) is 5.91 Å². The largest absolute Gasteiger partial charge is 0.444 e. The number of carbonyl (C=O) groups is 3. The Balaban J connectivity index is 2.57. The number of nitrogens with zero attached hydrogens (tertiary/aromatic N) is 1. The zero-order valence-corrected chi connectivity index (χ0v) is 27.0. The van der Waals surface area contributed by atoms with E-state index in [-0.39, 0.29) is 11.8 Å². The predicted octanol–water partition coefficient (Wildman–Crippen LogP) is 7.21. The van der Waals surface area contributed by atoms with Crippen molar-refractivity contribution in [3.8, 4) is 0 Å². The van der Waals surface area contributed by atoms with Gasteiger partial charge in [0.25, 0.3) is 5.91 Å². The molecule has 0 aliphatic rings. The Morgan fingerprint density at radius 1 is 0.976 bits per heavy atom. The molecule has 2 N–H and O–H groups in total. The van der Waals surface area contributed by atoms with Crippen molar-refractivity contribution < 1.29 is 19.1 Å². The Hall–Kier alpha value is -3.00. The maximum Gasteiger partial charge on any atom is 0.408 e. The molecule has 2 unspecified atom stereocenters. The molecule has 3 amide bonds. The molecule has 41 heavy (non-hydrogen) atoms. The van der Waals surface area contributed by atoms with Crippen LogP contribution < -0.4 is 10.6 Å². The number of rotatable bonds is 14. The topological polar surface area (TPSA) is 87.7 Å². The van der Waals surface area contributed by atoms with E-state index in [0.29, 0.717) is 18.7 Å². The minimum atomic E-state index is -0.874. The van der Waals surface area contributed by atoms with Gasteiger partial charge in [-0.3, -0.25) is 9.59 Å². The molecule has 0 aliphatic heterocycles. The third-order valence-corrected chi connectivity index (χ3v) is 7.52. The Morgan fingerprint density at radius 3 is 2.15 bits per heavy atom. The number of anilines is 1. The van der Waals surface area contributed by atoms with Crippen molar-refractivity contribution in [3.05, 3.63) is 64.7 Å². The molecule has 2 aromatic carbocycles. The summed E-state index contributed by atoms with van der Waals surface area (Å²) in [6, 6.07) is 12.1. The molecule has 0 bridgehead atoms. The Labute approximate surface area is 251 Å². The summed E-state index contributed by atoms with van der Waals surface area (Å²) in [6.07, 6.45) is 5.24. The molecule has 226 valence electrons. The van der Waals surface area contributed by atoms with Gasteiger partial charge in [-0.25, -0.2) is 4.79 Å². The smallest absolute Gasteiger partial charge is 0.408 e. The Bertz CT molecular complexity index is 1120. The molecule has 0 aromatic heterocycles. The van der Waals surface area contributed by atoms with Gasteiger partial charge in [-0.15, -0.1) is 0 Å². The molecule has 0 radical (unpaired) electrons. The molecule has 0 aliphatic carbocycles. The van der Waals surface area contributed by atoms with Crippen molar-refractivity contribution in [2.45, 2.75) is 98.3 Å². The van der Waals surface area contributed by atoms with Gasteiger partial charge in [0.1, 0.15) is 17.7 Å². The van der Waals surface area contributed by atoms with Gasteiger partial charge >= 0.3 is 6.09 Å². The second kappa shape index (κ2) is 16.4. The van der Waals surface area contributed by atoms with Crippen LogP contribution in [0.2, 0.25) is 0 Å². The fourth-order valence-corrected chi connectivity index (χ4v) is 5.12. The maximum absolute atomic E-state index is 14.3. The van der Waals surface area contributed by atoms with E-state index < -0.39 is 23.8 Å². The number of nitrogens with one attached hydrogen (secondary N) is 2. The summed E-state index contributed by atoms with van der Waals surface area (Å²) in [4.78, 5) is 43.0. The highest BCUT2D eigenvalue weighted by Crippen LogP contribution is 2.28. The molecule has 0 fully saturated rings. The first-order valence-corrected chi connectivity index (χ1v) is 16.1. The second-order valence-corrected chi connectivity index (χ2v) is 12.5. The van der Waals surface area contributed by atoms with Gasteiger partial charge in [0.05, 0.1) is 0 Å². The average molecular weight is 584 g/mol. The van der Waals surface area contributed by atoms with Crippen molar-refractivity contribution in [1.29, 1.82) is 0 Å². The number of ether oxygens (including phenoxy) is 1. The third kappa shape index (κ3) is 10.7. The number of amides is 3. The molecule has 2 atom stereocenters. The van der Waals surface area contributed by atoms with Crippen LogP contribution in [0.1, 0.15) is 88.6 Å². The zero-order valence-electron chi connectivity index (χ0n) is 26.1. The number of para-hydroxylation sites is 1. The Morgan fingerprint density at radius 2 is 1.61 bits per heavy atom. The predicted molar refractivity (Wildman–Crippen MR) is 171 cm³/mol. The number of hydrogen-bond donors (Lipinski definition) is 2. The Kier molecular flexibility index (Phi) is 13.7. The molecular weight excluding hydrogens is 534 g/mol. The number of benzene rings is 2. The molecule has 2 rings (SSSR count). The van der Waals surface area contributed by atoms with Gasteiger partial charge < -0.3 is 20.3 Å². The lowest BCUT2D eigenvalue weighted by atomic mass is 9.99. The molecule has 8 heteroatoms. The van der Waals surface area contributed by atoms with E-state index >= 15 is 0 Å². The zero-order chi connectivity index (χ0) is 30.6. The van der Waals surface area contributed by atoms with Gasteiger partial charge in [0.15, 0.2) is 0 Å². The van der Waals surface area contributed by atoms with Crippen LogP contribution in [0, 0.1) is 13.8 Å². The van der Waals surface area contributed by atoms with Crippen LogP contribution in [0.4, 0.5) is 10.5 Å². The van der Waals surface area contributed by atoms with Gasteiger partial charge in [0, 0.05) is 12.2 Å². The monoisotopic (exact) mass is 583 g/mol. The summed E-state index contributed by atoms with van der Waals surface area (Å²) in [5, 5.41) is 5.95. The number of thioether (sulfide) groups is 1. The minimum absolute atomic E-state index is 0.280. The van der Waals surface area contributed by atoms with Crippen molar-refractivity contribution >= 4 is 35.4 Å². The van der Waals surface area contributed by atoms with E-state index in [1.54, 1.807) is 37.4 Å². The van der Waals surface area contributed by atoms with Crippen LogP contribution in [-0.4, -0.2) is 53.0 Å². The normalized spacial score (nSPS) is 12.8. The van der Waals surface area contributed by atoms with Crippen LogP contribution in [0.25, 0.3) is 0 Å². The lowest BCUT2D eigenvalue weighted by Gasteiger charge is -2.35. The first-order chi connectivity index (χ1) is 19.4. The first-order valence-electron chi connectivity index (χ1n) is 14.7. The van der Waals surface area contributed by atoms with Crippen molar-refractivity contribution in [2.75, 3.05) is 23.9 Å². The lowest BCUT2D eigenvalue weighted by molar-refractivity contribution is -0.141. The molecule has 0 heterocycles. The van der Waals surface area contributed by atoms with Gasteiger partial charge in [-0.2, -0.15) is 11.8 Å². The van der Waals surface area contributed by atoms with E-state index in [4.69, 9.17) is 4.74 Å². The maximum atomic E-state index is 14.3. The summed E-state index contributed by atoms with van der Waals surface area (Å²) < 4.78 is 5.49. The number of carbonyl (C=O) groups excluding carboxylic acids is 3. The minimum Gasteiger partial charge on any atom is -0.444 e. The number of hydrogen-bond acceptors (Lipinski definition) is 5. The number of alkyl carbamates (subject to hydrolysis) is 1. The van der Waals surface area contributed by atoms with E-state index in [1.165, 1.54) is 0 Å². The molecule has 0 saturated heterocycles. The van der Waals surface area contributed by atoms with Gasteiger partial charge in [-0.1, -0.05) is 69.2 Å². The number of aryl methyl sites for hydroxylation is 3. The molecule has 0 spiro atoms. The third-order valence-electron chi connectivity index (χ3n) is 6.88. The van der Waals surface area contributed by atoms with E-state index in [1.807, 2.05) is 62.6 Å². The van der Waals surface area contributed by atoms with E-state index in [0.717, 1.165) is 53.6 Å². The van der Waals surface area contributed by atoms with Crippen molar-refractivity contribution in [1.82, 2.24) is 10.2 Å². The van der Waals surface area contributed by atoms with Crippen LogP contribution >= 0.6 is 11.8 Å². The van der Waals surface area contributed by atoms with Crippen LogP contribution in [0.15, 0.2) is 42.5 Å². The van der Waals surface area contributed by atoms with Crippen molar-refractivity contribution in [3.63, 3.8) is 0 Å². The standard InChI is InChI=1S/C33H49N3O4S/c1-9-11-12-21-36(31(38)27(20-22-41-8)34-32(39)40-33(5,6)7)29(26-18-16-25(10-2)17-19-26)30(37)35-28-23(3)14-13-15-24(28)4/h13-19,27,29H,9-12,20-22H2,1-8H3,(H,34,39)(H,35,37). The summed E-state index contributed by atoms with van der Waals surface area (Å²) in [5.74, 6) is 0.0963. The second-order valence-electron chi connectivity index (χ2n) is 11.5. The highest BCUT2D eigenvalue weighted by molar-refractivity contribution is 7.98. The molecule has 7 nitrogen and oxygen atoms in total. The van der Waals surface area contributed by atoms with Crippen molar-refractivity contribution in [2.24, 2.45) is 0 Å².